The van der Waals surface area contributed by atoms with Gasteiger partial charge < -0.3 is 5.73 Å². The van der Waals surface area contributed by atoms with Gasteiger partial charge in [0, 0.05) is 5.69 Å². The maximum atomic E-state index is 12.7. The van der Waals surface area contributed by atoms with Gasteiger partial charge in [-0.05, 0) is 23.3 Å². The van der Waals surface area contributed by atoms with E-state index in [1.54, 1.807) is 0 Å². The lowest BCUT2D eigenvalue weighted by Gasteiger charge is -2.56. The van der Waals surface area contributed by atoms with Crippen molar-refractivity contribution in [2.45, 2.75) is 11.6 Å². The van der Waals surface area contributed by atoms with Gasteiger partial charge in [-0.1, -0.05) is 78.9 Å². The number of para-hydroxylation sites is 1. The molecule has 0 aromatic heterocycles. The first-order chi connectivity index (χ1) is 11.8. The summed E-state index contributed by atoms with van der Waals surface area (Å²) in [5.41, 5.74) is 8.62. The second kappa shape index (κ2) is 5.62. The van der Waals surface area contributed by atoms with Crippen LogP contribution >= 0.6 is 0 Å². The zero-order chi connectivity index (χ0) is 16.6. The average Bonchev–Trinajstić information content (AvgIpc) is 2.67. The standard InChI is InChI=1S/C21H18N2O/c22-19-20(24)23(18-14-8-3-9-15-18)21(19,16-10-4-1-5-11-16)17-12-6-2-7-13-17/h1-15,19H,22H2. The molecule has 0 bridgehead atoms. The third-order valence-electron chi connectivity index (χ3n) is 4.73. The smallest absolute Gasteiger partial charge is 0.248 e. The Labute approximate surface area is 141 Å². The lowest BCUT2D eigenvalue weighted by Crippen LogP contribution is -2.76. The number of rotatable bonds is 3. The summed E-state index contributed by atoms with van der Waals surface area (Å²) in [5, 5.41) is 0. The predicted molar refractivity (Wildman–Crippen MR) is 95.6 cm³/mol. The minimum absolute atomic E-state index is 0.0612. The fraction of sp³-hybridized carbons (Fsp3) is 0.0952. The van der Waals surface area contributed by atoms with Gasteiger partial charge in [0.25, 0.3) is 0 Å². The quantitative estimate of drug-likeness (QED) is 0.754. The minimum atomic E-state index is -0.680. The number of carbonyl (C=O) groups excluding carboxylic acids is 1. The van der Waals surface area contributed by atoms with Crippen LogP contribution in [0.2, 0.25) is 0 Å². The van der Waals surface area contributed by atoms with Crippen LogP contribution in [0.25, 0.3) is 0 Å². The second-order valence-corrected chi connectivity index (χ2v) is 5.99. The molecule has 3 heteroatoms. The molecule has 1 atom stereocenters. The van der Waals surface area contributed by atoms with Crippen molar-refractivity contribution < 1.29 is 4.79 Å². The highest BCUT2D eigenvalue weighted by Crippen LogP contribution is 2.48. The Morgan fingerprint density at radius 2 is 1.12 bits per heavy atom. The van der Waals surface area contributed by atoms with Crippen molar-refractivity contribution >= 4 is 11.6 Å². The number of β-lactam (4-membered cyclic amide) rings is 1. The molecule has 1 aliphatic rings. The van der Waals surface area contributed by atoms with Gasteiger partial charge in [-0.15, -0.1) is 0 Å². The molecule has 0 saturated carbocycles. The zero-order valence-electron chi connectivity index (χ0n) is 13.2. The van der Waals surface area contributed by atoms with Gasteiger partial charge in [0.15, 0.2) is 0 Å². The molecular formula is C21H18N2O. The lowest BCUT2D eigenvalue weighted by atomic mass is 9.68. The van der Waals surface area contributed by atoms with Crippen molar-refractivity contribution in [1.29, 1.82) is 0 Å². The van der Waals surface area contributed by atoms with Crippen LogP contribution in [0.5, 0.6) is 0 Å². The number of amides is 1. The molecule has 1 fully saturated rings. The lowest BCUT2D eigenvalue weighted by molar-refractivity contribution is -0.128. The number of carbonyl (C=O) groups is 1. The van der Waals surface area contributed by atoms with Gasteiger partial charge in [-0.25, -0.2) is 0 Å². The molecule has 2 N–H and O–H groups in total. The number of anilines is 1. The topological polar surface area (TPSA) is 46.3 Å². The molecule has 0 radical (unpaired) electrons. The summed E-state index contributed by atoms with van der Waals surface area (Å²) in [6, 6.07) is 29.1. The Morgan fingerprint density at radius 1 is 0.708 bits per heavy atom. The summed E-state index contributed by atoms with van der Waals surface area (Å²) in [7, 11) is 0. The SMILES string of the molecule is NC1C(=O)N(c2ccccc2)C1(c1ccccc1)c1ccccc1. The molecule has 3 aromatic rings. The van der Waals surface area contributed by atoms with Gasteiger partial charge in [0.1, 0.15) is 11.6 Å². The van der Waals surface area contributed by atoms with Crippen molar-refractivity contribution in [1.82, 2.24) is 0 Å². The predicted octanol–water partition coefficient (Wildman–Crippen LogP) is 3.30. The fourth-order valence-electron chi connectivity index (χ4n) is 3.64. The molecule has 1 aliphatic heterocycles. The Morgan fingerprint density at radius 3 is 1.58 bits per heavy atom. The number of hydrogen-bond donors (Lipinski definition) is 1. The molecule has 1 saturated heterocycles. The van der Waals surface area contributed by atoms with Crippen LogP contribution in [0.4, 0.5) is 5.69 Å². The Kier molecular flexibility index (Phi) is 3.44. The first kappa shape index (κ1) is 14.7. The van der Waals surface area contributed by atoms with E-state index in [4.69, 9.17) is 5.73 Å². The van der Waals surface area contributed by atoms with Crippen molar-refractivity contribution in [3.05, 3.63) is 102 Å². The highest BCUT2D eigenvalue weighted by Gasteiger charge is 2.61. The number of benzene rings is 3. The molecule has 24 heavy (non-hydrogen) atoms. The van der Waals surface area contributed by atoms with E-state index in [1.165, 1.54) is 0 Å². The van der Waals surface area contributed by atoms with Crippen LogP contribution in [0.15, 0.2) is 91.0 Å². The van der Waals surface area contributed by atoms with Crippen molar-refractivity contribution in [2.24, 2.45) is 5.73 Å². The highest BCUT2D eigenvalue weighted by molar-refractivity contribution is 6.09. The van der Waals surface area contributed by atoms with E-state index in [0.717, 1.165) is 16.8 Å². The van der Waals surface area contributed by atoms with Crippen LogP contribution in [-0.2, 0) is 10.3 Å². The first-order valence-corrected chi connectivity index (χ1v) is 8.02. The molecule has 3 nitrogen and oxygen atoms in total. The molecule has 3 aromatic carbocycles. The van der Waals surface area contributed by atoms with E-state index in [0.29, 0.717) is 0 Å². The normalized spacial score (nSPS) is 19.0. The summed E-state index contributed by atoms with van der Waals surface area (Å²) < 4.78 is 0. The van der Waals surface area contributed by atoms with E-state index in [2.05, 4.69) is 0 Å². The van der Waals surface area contributed by atoms with Gasteiger partial charge in [-0.3, -0.25) is 9.69 Å². The Bertz CT molecular complexity index is 807. The molecule has 118 valence electrons. The largest absolute Gasteiger partial charge is 0.317 e. The van der Waals surface area contributed by atoms with E-state index >= 15 is 0 Å². The summed E-state index contributed by atoms with van der Waals surface area (Å²) in [4.78, 5) is 14.5. The van der Waals surface area contributed by atoms with Crippen molar-refractivity contribution in [2.75, 3.05) is 4.90 Å². The molecule has 0 spiro atoms. The van der Waals surface area contributed by atoms with Gasteiger partial charge in [-0.2, -0.15) is 0 Å². The summed E-state index contributed by atoms with van der Waals surface area (Å²) >= 11 is 0. The summed E-state index contributed by atoms with van der Waals surface area (Å²) in [6.07, 6.45) is 0. The Balaban J connectivity index is 1.98. The molecule has 0 aliphatic carbocycles. The minimum Gasteiger partial charge on any atom is -0.317 e. The van der Waals surface area contributed by atoms with Gasteiger partial charge in [0.2, 0.25) is 5.91 Å². The summed E-state index contributed by atoms with van der Waals surface area (Å²) in [6.45, 7) is 0. The number of nitrogens with two attached hydrogens (primary N) is 1. The van der Waals surface area contributed by atoms with Gasteiger partial charge in [0.05, 0.1) is 0 Å². The molecule has 1 amide bonds. The number of nitrogens with zero attached hydrogens (tertiary/aromatic N) is 1. The fourth-order valence-corrected chi connectivity index (χ4v) is 3.64. The molecule has 1 heterocycles. The van der Waals surface area contributed by atoms with Crippen LogP contribution in [0.3, 0.4) is 0 Å². The summed E-state index contributed by atoms with van der Waals surface area (Å²) in [5.74, 6) is -0.0612. The molecule has 4 rings (SSSR count). The second-order valence-electron chi connectivity index (χ2n) is 5.99. The van der Waals surface area contributed by atoms with E-state index < -0.39 is 11.6 Å². The van der Waals surface area contributed by atoms with Crippen LogP contribution in [-0.4, -0.2) is 11.9 Å². The van der Waals surface area contributed by atoms with Crippen molar-refractivity contribution in [3.63, 3.8) is 0 Å². The highest BCUT2D eigenvalue weighted by atomic mass is 16.2. The third kappa shape index (κ3) is 1.92. The average molecular weight is 314 g/mol. The van der Waals surface area contributed by atoms with Crippen LogP contribution < -0.4 is 10.6 Å². The first-order valence-electron chi connectivity index (χ1n) is 8.02. The van der Waals surface area contributed by atoms with Crippen LogP contribution in [0.1, 0.15) is 11.1 Å². The monoisotopic (exact) mass is 314 g/mol. The number of hydrogen-bond acceptors (Lipinski definition) is 2. The Hall–Kier alpha value is -2.91. The van der Waals surface area contributed by atoms with Crippen molar-refractivity contribution in [3.8, 4) is 0 Å². The maximum Gasteiger partial charge on any atom is 0.248 e. The van der Waals surface area contributed by atoms with E-state index in [1.807, 2.05) is 95.9 Å². The zero-order valence-corrected chi connectivity index (χ0v) is 13.2. The molecular weight excluding hydrogens is 296 g/mol. The third-order valence-corrected chi connectivity index (χ3v) is 4.73. The maximum absolute atomic E-state index is 12.7. The van der Waals surface area contributed by atoms with Crippen LogP contribution in [0, 0.1) is 0 Å². The van der Waals surface area contributed by atoms with Gasteiger partial charge >= 0.3 is 0 Å². The van der Waals surface area contributed by atoms with E-state index in [9.17, 15) is 4.79 Å². The van der Waals surface area contributed by atoms with E-state index in [-0.39, 0.29) is 5.91 Å². The molecule has 1 unspecified atom stereocenters.